The number of carbonyl (C=O) groups is 6. The average Bonchev–Trinajstić information content (AvgIpc) is 3.65. The monoisotopic (exact) mass is 963 g/mol. The number of hydrogen-bond donors (Lipinski definition) is 0. The van der Waals surface area contributed by atoms with Gasteiger partial charge in [-0.1, -0.05) is 59.4 Å². The zero-order valence-corrected chi connectivity index (χ0v) is 37.2. The van der Waals surface area contributed by atoms with Crippen molar-refractivity contribution in [3.63, 3.8) is 0 Å². The molecule has 0 amide bonds. The van der Waals surface area contributed by atoms with Crippen molar-refractivity contribution in [3.8, 4) is 0 Å². The average molecular weight is 963 g/mol. The summed E-state index contributed by atoms with van der Waals surface area (Å²) in [5, 5.41) is 0. The summed E-state index contributed by atoms with van der Waals surface area (Å²) in [4.78, 5) is 76.9. The number of rotatable bonds is 23. The van der Waals surface area contributed by atoms with Crippen molar-refractivity contribution in [1.29, 1.82) is 0 Å². The van der Waals surface area contributed by atoms with Gasteiger partial charge >= 0.3 is 35.8 Å². The minimum Gasteiger partial charge on any atom is -0.463 e. The Balaban J connectivity index is -0.000000812. The molecule has 0 aromatic carbocycles. The Morgan fingerprint density at radius 2 is 0.828 bits per heavy atom. The van der Waals surface area contributed by atoms with Gasteiger partial charge in [-0.15, -0.1) is 0 Å². The van der Waals surface area contributed by atoms with Crippen molar-refractivity contribution in [3.05, 3.63) is 0 Å². The molecule has 2 heterocycles. The first-order chi connectivity index (χ1) is 25.7. The Morgan fingerprint density at radius 1 is 0.500 bits per heavy atom. The third kappa shape index (κ3) is 26.0. The van der Waals surface area contributed by atoms with Crippen LogP contribution in [0.15, 0.2) is 0 Å². The largest absolute Gasteiger partial charge is 0.463 e. The highest BCUT2D eigenvalue weighted by Crippen LogP contribution is 2.41. The third-order valence-corrected chi connectivity index (χ3v) is 11.4. The minimum absolute atomic E-state index is 0. The topological polar surface area (TPSA) is 176 Å². The maximum absolute atomic E-state index is 13.5. The molecule has 0 radical (unpaired) electrons. The molecule has 0 spiro atoms. The normalized spacial score (nSPS) is 17.5. The van der Waals surface area contributed by atoms with E-state index in [4.69, 9.17) is 37.9 Å². The molecule has 2 aliphatic heterocycles. The van der Waals surface area contributed by atoms with Crippen LogP contribution in [-0.2, 0) is 66.7 Å². The van der Waals surface area contributed by atoms with Gasteiger partial charge < -0.3 is 37.9 Å². The lowest BCUT2D eigenvalue weighted by atomic mass is 9.74. The van der Waals surface area contributed by atoms with Crippen LogP contribution in [0.1, 0.15) is 168 Å². The van der Waals surface area contributed by atoms with Gasteiger partial charge in [0.05, 0.1) is 61.3 Å². The van der Waals surface area contributed by atoms with Gasteiger partial charge in [0.1, 0.15) is 11.2 Å². The zero-order valence-electron chi connectivity index (χ0n) is 35.6. The predicted molar refractivity (Wildman–Crippen MR) is 266 cm³/mol. The van der Waals surface area contributed by atoms with E-state index < -0.39 is 80.9 Å². The molecule has 0 N–H and O–H groups in total. The quantitative estimate of drug-likeness (QED) is 0.0536. The van der Waals surface area contributed by atoms with Crippen molar-refractivity contribution in [2.45, 2.75) is 192 Å². The number of thioether (sulfide) groups is 2. The van der Waals surface area contributed by atoms with Crippen molar-refractivity contribution in [2.75, 3.05) is 62.7 Å². The second-order valence-corrected chi connectivity index (χ2v) is 20.5. The number of cyclic esters (lactones) is 2. The van der Waals surface area contributed by atoms with Crippen LogP contribution < -0.4 is 0 Å². The Labute approximate surface area is 400 Å². The van der Waals surface area contributed by atoms with E-state index in [1.165, 1.54) is 23.5 Å². The van der Waals surface area contributed by atoms with E-state index in [2.05, 4.69) is 0 Å². The van der Waals surface area contributed by atoms with Crippen molar-refractivity contribution < 1.29 is 66.7 Å². The Hall–Kier alpha value is -2.56. The van der Waals surface area contributed by atoms with Gasteiger partial charge in [-0.25, -0.2) is 9.59 Å². The fourth-order valence-electron chi connectivity index (χ4n) is 6.16. The third-order valence-electron chi connectivity index (χ3n) is 8.78. The molecular formula is C48H98O14S2. The number of hydrogen-bond acceptors (Lipinski definition) is 16. The molecule has 386 valence electrons. The summed E-state index contributed by atoms with van der Waals surface area (Å²) in [6.07, 6.45) is -0.998. The lowest BCUT2D eigenvalue weighted by Crippen LogP contribution is -2.43. The fraction of sp³-hybridized carbons (Fsp3) is 0.875. The van der Waals surface area contributed by atoms with Crippen LogP contribution in [-0.4, -0.2) is 122 Å². The van der Waals surface area contributed by atoms with Gasteiger partial charge in [0, 0.05) is 35.9 Å². The molecule has 2 saturated heterocycles. The highest BCUT2D eigenvalue weighted by atomic mass is 32.2. The maximum atomic E-state index is 13.5. The summed E-state index contributed by atoms with van der Waals surface area (Å²) in [6.45, 7) is 23.0. The second-order valence-electron chi connectivity index (χ2n) is 18.3. The molecule has 0 saturated carbocycles. The molecule has 2 rings (SSSR count). The number of carbonyl (C=O) groups excluding carboxylic acids is 6. The van der Waals surface area contributed by atoms with Gasteiger partial charge in [0.25, 0.3) is 0 Å². The van der Waals surface area contributed by atoms with Crippen LogP contribution in [0.4, 0.5) is 0 Å². The van der Waals surface area contributed by atoms with Gasteiger partial charge in [0.15, 0.2) is 0 Å². The van der Waals surface area contributed by atoms with Crippen molar-refractivity contribution >= 4 is 59.3 Å². The van der Waals surface area contributed by atoms with Crippen LogP contribution in [0.5, 0.6) is 0 Å². The van der Waals surface area contributed by atoms with E-state index in [9.17, 15) is 28.8 Å². The molecule has 0 aromatic heterocycles. The maximum Gasteiger partial charge on any atom is 0.347 e. The molecule has 64 heavy (non-hydrogen) atoms. The number of ether oxygens (including phenoxy) is 8. The molecule has 0 bridgehead atoms. The smallest absolute Gasteiger partial charge is 0.347 e. The van der Waals surface area contributed by atoms with Gasteiger partial charge in [0.2, 0.25) is 12.2 Å². The van der Waals surface area contributed by atoms with E-state index in [1.807, 2.05) is 0 Å². The van der Waals surface area contributed by atoms with E-state index in [-0.39, 0.29) is 85.5 Å². The Kier molecular flexibility index (Phi) is 38.1. The van der Waals surface area contributed by atoms with Crippen LogP contribution in [0.2, 0.25) is 0 Å². The van der Waals surface area contributed by atoms with E-state index >= 15 is 0 Å². The van der Waals surface area contributed by atoms with E-state index in [1.54, 1.807) is 83.1 Å². The lowest BCUT2D eigenvalue weighted by Gasteiger charge is -2.36. The van der Waals surface area contributed by atoms with Gasteiger partial charge in [-0.2, -0.15) is 23.5 Å². The van der Waals surface area contributed by atoms with Crippen molar-refractivity contribution in [1.82, 2.24) is 0 Å². The van der Waals surface area contributed by atoms with E-state index in [0.717, 1.165) is 0 Å². The fourth-order valence-corrected chi connectivity index (χ4v) is 8.26. The van der Waals surface area contributed by atoms with Crippen LogP contribution in [0, 0.1) is 21.7 Å². The van der Waals surface area contributed by atoms with Gasteiger partial charge in [-0.3, -0.25) is 19.2 Å². The first kappa shape index (κ1) is 75.7. The summed E-state index contributed by atoms with van der Waals surface area (Å²) < 4.78 is 43.8. The predicted octanol–water partition coefficient (Wildman–Crippen LogP) is 10.8. The summed E-state index contributed by atoms with van der Waals surface area (Å²) in [5.41, 5.74) is -5.62. The molecular weight excluding hydrogens is 865 g/mol. The molecule has 4 unspecified atom stereocenters. The molecule has 16 heteroatoms. The molecule has 0 aromatic rings. The lowest BCUT2D eigenvalue weighted by molar-refractivity contribution is -0.174. The highest BCUT2D eigenvalue weighted by molar-refractivity contribution is 7.99. The minimum atomic E-state index is -1.10. The molecule has 0 aliphatic carbocycles. The Morgan fingerprint density at radius 3 is 1.17 bits per heavy atom. The van der Waals surface area contributed by atoms with Crippen LogP contribution in [0.25, 0.3) is 0 Å². The number of esters is 6. The SMILES string of the molecule is C.C.C.C.C.C.C.C.CC(C)(C)OC(=O)C(C)(C)CC(C)(CSCCOCCOCCSCC(C)(CC(C)(C)C(=O)OC1CCOC1=O)C(=O)OC(C)(C)C)C(=O)OC1CCOC1=O. The first-order valence-corrected chi connectivity index (χ1v) is 21.5. The van der Waals surface area contributed by atoms with Crippen LogP contribution in [0.3, 0.4) is 0 Å². The summed E-state index contributed by atoms with van der Waals surface area (Å²) >= 11 is 2.99. The van der Waals surface area contributed by atoms with E-state index in [0.29, 0.717) is 62.3 Å². The second kappa shape index (κ2) is 32.2. The van der Waals surface area contributed by atoms with Crippen LogP contribution >= 0.6 is 23.5 Å². The Bertz CT molecular complexity index is 1370. The van der Waals surface area contributed by atoms with Crippen molar-refractivity contribution in [2.24, 2.45) is 21.7 Å². The first-order valence-electron chi connectivity index (χ1n) is 19.2. The molecule has 14 nitrogen and oxygen atoms in total. The summed E-state index contributed by atoms with van der Waals surface area (Å²) in [6, 6.07) is 0. The standard InChI is InChI=1S/C40H66O14S2.8CH4/c1-35(2,3)53-32(44)38(9,10)24-39(11,33(45)52-28-14-16-50-30(28)42)25-55-21-19-47-17-18-48-20-22-56-26-40(12,34(46)54-36(4,5)6)23-37(7,8)31(43)51-27-13-15-49-29(27)41;;;;;;;;/h27-28H,13-26H2,1-12H3;8*1H4. The molecule has 4 atom stereocenters. The highest BCUT2D eigenvalue weighted by Gasteiger charge is 2.48. The zero-order chi connectivity index (χ0) is 42.6. The summed E-state index contributed by atoms with van der Waals surface area (Å²) in [7, 11) is 0. The summed E-state index contributed by atoms with van der Waals surface area (Å²) in [5.74, 6) is -1.28. The molecule has 2 fully saturated rings. The molecule has 2 aliphatic rings. The van der Waals surface area contributed by atoms with Gasteiger partial charge in [-0.05, 0) is 95.9 Å².